The van der Waals surface area contributed by atoms with Gasteiger partial charge in [0.1, 0.15) is 35.3 Å². The van der Waals surface area contributed by atoms with Gasteiger partial charge in [0.25, 0.3) is 0 Å². The average molecular weight is 662 g/mol. The molecule has 0 amide bonds. The van der Waals surface area contributed by atoms with E-state index in [2.05, 4.69) is 14.6 Å². The van der Waals surface area contributed by atoms with Gasteiger partial charge in [-0.2, -0.15) is 5.09 Å². The fourth-order valence-corrected chi connectivity index (χ4v) is 6.96. The fraction of sp³-hybridized carbons (Fsp3) is 0.400. The first-order valence-electron chi connectivity index (χ1n) is 15.9. The smallest absolute Gasteiger partial charge is 0.459 e. The van der Waals surface area contributed by atoms with Crippen molar-refractivity contribution in [3.8, 4) is 5.75 Å². The number of fused-ring (bicyclic) bond motifs is 4. The van der Waals surface area contributed by atoms with Crippen LogP contribution in [-0.2, 0) is 30.0 Å². The number of carbonyl (C=O) groups is 1. The minimum absolute atomic E-state index is 0.0322. The van der Waals surface area contributed by atoms with Gasteiger partial charge >= 0.3 is 13.7 Å². The van der Waals surface area contributed by atoms with Gasteiger partial charge in [0.2, 0.25) is 0 Å². The molecule has 0 aliphatic heterocycles. The zero-order valence-electron chi connectivity index (χ0n) is 28.0. The van der Waals surface area contributed by atoms with E-state index >= 15 is 0 Å². The lowest BCUT2D eigenvalue weighted by Crippen LogP contribution is -2.39. The summed E-state index contributed by atoms with van der Waals surface area (Å²) < 4.78 is 40.7. The molecule has 2 aromatic heterocycles. The number of nitrogens with two attached hydrogens (primary N) is 1. The van der Waals surface area contributed by atoms with Crippen molar-refractivity contribution in [2.24, 2.45) is 5.92 Å². The molecule has 0 radical (unpaired) electrons. The molecule has 3 N–H and O–H groups in total. The molecule has 47 heavy (non-hydrogen) atoms. The van der Waals surface area contributed by atoms with Crippen molar-refractivity contribution in [1.29, 1.82) is 0 Å². The number of ether oxygens (including phenoxy) is 2. The van der Waals surface area contributed by atoms with Crippen LogP contribution in [0, 0.1) is 5.92 Å². The summed E-state index contributed by atoms with van der Waals surface area (Å²) in [6.45, 7) is 13.5. The predicted octanol–water partition coefficient (Wildman–Crippen LogP) is 7.58. The largest absolute Gasteiger partial charge is 0.459 e. The Balaban J connectivity index is 1.57. The van der Waals surface area contributed by atoms with Crippen molar-refractivity contribution >= 4 is 52.2 Å². The van der Waals surface area contributed by atoms with E-state index in [1.165, 1.54) is 0 Å². The number of aromatic nitrogens is 3. The first-order chi connectivity index (χ1) is 22.3. The average Bonchev–Trinajstić information content (AvgIpc) is 3.39. The molecule has 0 bridgehead atoms. The minimum Gasteiger partial charge on any atom is -0.459 e. The lowest BCUT2D eigenvalue weighted by Gasteiger charge is -2.29. The number of imidazole rings is 1. The summed E-state index contributed by atoms with van der Waals surface area (Å²) in [5.74, 6) is 0.671. The summed E-state index contributed by atoms with van der Waals surface area (Å²) in [6.07, 6.45) is 0. The van der Waals surface area contributed by atoms with Crippen molar-refractivity contribution in [3.63, 3.8) is 0 Å². The summed E-state index contributed by atoms with van der Waals surface area (Å²) >= 11 is 0. The summed E-state index contributed by atoms with van der Waals surface area (Å²) in [5.41, 5.74) is 7.75. The number of hydrogen-bond donors (Lipinski definition) is 2. The van der Waals surface area contributed by atoms with Crippen LogP contribution in [0.15, 0.2) is 66.7 Å². The Labute approximate surface area is 275 Å². The monoisotopic (exact) mass is 661 g/mol. The van der Waals surface area contributed by atoms with Gasteiger partial charge in [-0.1, -0.05) is 68.4 Å². The molecule has 0 fully saturated rings. The van der Waals surface area contributed by atoms with Gasteiger partial charge in [-0.25, -0.2) is 14.5 Å². The Morgan fingerprint density at radius 2 is 1.66 bits per heavy atom. The summed E-state index contributed by atoms with van der Waals surface area (Å²) in [5, 5.41) is 5.37. The lowest BCUT2D eigenvalue weighted by molar-refractivity contribution is -0.156. The van der Waals surface area contributed by atoms with Crippen LogP contribution >= 0.6 is 7.75 Å². The SMILES string of the molecule is CCOCc1nc2c(N)nc3ccccc3c2n1[C@H](CO[P@@](=O)(N[C@@H](C)C(=O)OC(C)(C)C)Oc1cccc2ccccc12)C(C)C. The Kier molecular flexibility index (Phi) is 10.2. The molecule has 11 nitrogen and oxygen atoms in total. The van der Waals surface area contributed by atoms with Crippen LogP contribution in [0.25, 0.3) is 32.7 Å². The van der Waals surface area contributed by atoms with Gasteiger partial charge < -0.3 is 24.3 Å². The van der Waals surface area contributed by atoms with Crippen molar-refractivity contribution in [2.75, 3.05) is 18.9 Å². The van der Waals surface area contributed by atoms with Crippen molar-refractivity contribution < 1.29 is 27.9 Å². The molecular formula is C35H44N5O6P. The Bertz CT molecular complexity index is 1930. The molecule has 0 aliphatic carbocycles. The first-order valence-corrected chi connectivity index (χ1v) is 17.4. The number of rotatable bonds is 13. The highest BCUT2D eigenvalue weighted by Gasteiger charge is 2.36. The number of benzene rings is 3. The standard InChI is InChI=1S/C35H44N5O6P/c1-8-43-21-30-38-31-32(26-17-11-12-18-27(26)37-33(31)36)40(30)28(22(2)3)20-44-47(42,39-23(4)34(41)45-35(5,6)7)46-29-19-13-15-24-14-9-10-16-25(24)29/h9-19,22-23,28H,8,20-21H2,1-7H3,(H2,36,37)(H,39,42)/t23-,28+,47-/m0/s1. The highest BCUT2D eigenvalue weighted by atomic mass is 31.2. The van der Waals surface area contributed by atoms with E-state index in [1.807, 2.05) is 81.4 Å². The summed E-state index contributed by atoms with van der Waals surface area (Å²) in [7, 11) is -4.22. The minimum atomic E-state index is -4.22. The van der Waals surface area contributed by atoms with E-state index in [0.717, 1.165) is 27.2 Å². The van der Waals surface area contributed by atoms with Crippen LogP contribution < -0.4 is 15.3 Å². The van der Waals surface area contributed by atoms with Crippen LogP contribution in [0.4, 0.5) is 5.82 Å². The van der Waals surface area contributed by atoms with E-state index < -0.39 is 31.4 Å². The third kappa shape index (κ3) is 7.76. The molecule has 5 aromatic rings. The van der Waals surface area contributed by atoms with E-state index in [4.69, 9.17) is 29.2 Å². The molecule has 3 aromatic carbocycles. The van der Waals surface area contributed by atoms with E-state index in [9.17, 15) is 9.36 Å². The number of nitrogens with zero attached hydrogens (tertiary/aromatic N) is 3. The molecule has 0 saturated carbocycles. The van der Waals surface area contributed by atoms with E-state index in [0.29, 0.717) is 29.5 Å². The maximum absolute atomic E-state index is 14.7. The number of pyridine rings is 1. The lowest BCUT2D eigenvalue weighted by atomic mass is 10.0. The molecule has 0 saturated heterocycles. The Hall–Kier alpha value is -4.02. The van der Waals surface area contributed by atoms with Crippen LogP contribution in [0.2, 0.25) is 0 Å². The molecule has 0 spiro atoms. The van der Waals surface area contributed by atoms with Gasteiger partial charge in [-0.3, -0.25) is 9.32 Å². The van der Waals surface area contributed by atoms with Crippen LogP contribution in [-0.4, -0.2) is 45.4 Å². The fourth-order valence-electron chi connectivity index (χ4n) is 5.44. The highest BCUT2D eigenvalue weighted by molar-refractivity contribution is 7.52. The number of nitrogen functional groups attached to an aromatic ring is 1. The molecule has 2 heterocycles. The maximum atomic E-state index is 14.7. The normalized spacial score (nSPS) is 14.8. The Morgan fingerprint density at radius 3 is 2.36 bits per heavy atom. The van der Waals surface area contributed by atoms with Crippen molar-refractivity contribution in [3.05, 3.63) is 72.6 Å². The van der Waals surface area contributed by atoms with Crippen molar-refractivity contribution in [2.45, 2.75) is 72.8 Å². The molecule has 0 aliphatic rings. The van der Waals surface area contributed by atoms with Gasteiger partial charge in [-0.15, -0.1) is 0 Å². The Morgan fingerprint density at radius 1 is 0.979 bits per heavy atom. The molecule has 0 unspecified atom stereocenters. The zero-order valence-corrected chi connectivity index (χ0v) is 28.9. The second kappa shape index (κ2) is 14.0. The predicted molar refractivity (Wildman–Crippen MR) is 185 cm³/mol. The third-order valence-corrected chi connectivity index (χ3v) is 9.29. The van der Waals surface area contributed by atoms with Crippen LogP contribution in [0.1, 0.15) is 60.3 Å². The molecule has 250 valence electrons. The molecule has 5 rings (SSSR count). The second-order valence-electron chi connectivity index (χ2n) is 12.8. The molecular weight excluding hydrogens is 617 g/mol. The maximum Gasteiger partial charge on any atom is 0.459 e. The first kappa shape index (κ1) is 34.3. The summed E-state index contributed by atoms with van der Waals surface area (Å²) in [6, 6.07) is 19.4. The number of esters is 1. The summed E-state index contributed by atoms with van der Waals surface area (Å²) in [4.78, 5) is 22.5. The third-order valence-electron chi connectivity index (χ3n) is 7.66. The van der Waals surface area contributed by atoms with Gasteiger partial charge in [0.15, 0.2) is 5.82 Å². The number of anilines is 1. The molecule has 3 atom stereocenters. The number of nitrogens with one attached hydrogen (secondary N) is 1. The quantitative estimate of drug-likeness (QED) is 0.0959. The van der Waals surface area contributed by atoms with Crippen LogP contribution in [0.3, 0.4) is 0 Å². The number of hydrogen-bond acceptors (Lipinski definition) is 9. The van der Waals surface area contributed by atoms with Crippen LogP contribution in [0.5, 0.6) is 5.75 Å². The van der Waals surface area contributed by atoms with Gasteiger partial charge in [-0.05, 0) is 58.1 Å². The van der Waals surface area contributed by atoms with E-state index in [-0.39, 0.29) is 19.1 Å². The number of carbonyl (C=O) groups excluding carboxylic acids is 1. The topological polar surface area (TPSA) is 140 Å². The highest BCUT2D eigenvalue weighted by Crippen LogP contribution is 2.48. The number of para-hydroxylation sites is 1. The van der Waals surface area contributed by atoms with Gasteiger partial charge in [0, 0.05) is 17.4 Å². The molecule has 12 heteroatoms. The van der Waals surface area contributed by atoms with Gasteiger partial charge in [0.05, 0.1) is 23.7 Å². The van der Waals surface area contributed by atoms with Crippen molar-refractivity contribution in [1.82, 2.24) is 19.6 Å². The zero-order chi connectivity index (χ0) is 33.9. The second-order valence-corrected chi connectivity index (χ2v) is 14.5. The van der Waals surface area contributed by atoms with E-state index in [1.54, 1.807) is 33.8 Å².